The molecule has 0 spiro atoms. The second kappa shape index (κ2) is 9.07. The van der Waals surface area contributed by atoms with Gasteiger partial charge >= 0.3 is 5.97 Å². The van der Waals surface area contributed by atoms with Crippen molar-refractivity contribution in [3.05, 3.63) is 39.3 Å². The smallest absolute Gasteiger partial charge is 0.348 e. The molecule has 2 heterocycles. The van der Waals surface area contributed by atoms with E-state index in [1.54, 1.807) is 19.9 Å². The van der Waals surface area contributed by atoms with E-state index in [1.807, 2.05) is 11.9 Å². The first-order valence-corrected chi connectivity index (χ1v) is 9.35. The van der Waals surface area contributed by atoms with Crippen LogP contribution in [0.3, 0.4) is 0 Å². The molecule has 2 rings (SSSR count). The SMILES string of the molecule is C=CCC[C@H](O)CN(C)Cc1nc2sc(C(=O)OCC)c(C)c2c(=O)[nH]1. The number of aliphatic hydroxyl groups excluding tert-OH is 1. The van der Waals surface area contributed by atoms with Crippen LogP contribution in [0.5, 0.6) is 0 Å². The molecule has 0 aromatic carbocycles. The fourth-order valence-corrected chi connectivity index (χ4v) is 3.83. The van der Waals surface area contributed by atoms with Gasteiger partial charge in [0.05, 0.1) is 24.6 Å². The third-order valence-electron chi connectivity index (χ3n) is 3.96. The highest BCUT2D eigenvalue weighted by molar-refractivity contribution is 7.20. The minimum atomic E-state index is -0.465. The van der Waals surface area contributed by atoms with Gasteiger partial charge in [-0.1, -0.05) is 6.08 Å². The third-order valence-corrected chi connectivity index (χ3v) is 5.12. The number of aromatic nitrogens is 2. The highest BCUT2D eigenvalue weighted by atomic mass is 32.1. The van der Waals surface area contributed by atoms with E-state index >= 15 is 0 Å². The molecule has 142 valence electrons. The third kappa shape index (κ3) is 4.78. The Hall–Kier alpha value is -2.03. The Morgan fingerprint density at radius 3 is 2.92 bits per heavy atom. The van der Waals surface area contributed by atoms with Gasteiger partial charge in [0.25, 0.3) is 5.56 Å². The molecule has 0 amide bonds. The summed E-state index contributed by atoms with van der Waals surface area (Å²) in [6, 6.07) is 0. The van der Waals surface area contributed by atoms with Crippen molar-refractivity contribution in [1.82, 2.24) is 14.9 Å². The predicted octanol–water partition coefficient (Wildman–Crippen LogP) is 2.23. The van der Waals surface area contributed by atoms with Crippen LogP contribution >= 0.6 is 11.3 Å². The Balaban J connectivity index is 2.21. The van der Waals surface area contributed by atoms with E-state index in [4.69, 9.17) is 4.74 Å². The van der Waals surface area contributed by atoms with Gasteiger partial charge in [0.1, 0.15) is 15.5 Å². The maximum Gasteiger partial charge on any atom is 0.348 e. The van der Waals surface area contributed by atoms with E-state index in [0.29, 0.717) is 46.0 Å². The monoisotopic (exact) mass is 379 g/mol. The number of aryl methyl sites for hydroxylation is 1. The molecular formula is C18H25N3O4S. The van der Waals surface area contributed by atoms with Crippen LogP contribution in [0.4, 0.5) is 0 Å². The van der Waals surface area contributed by atoms with Crippen molar-refractivity contribution >= 4 is 27.5 Å². The fraction of sp³-hybridized carbons (Fsp3) is 0.500. The lowest BCUT2D eigenvalue weighted by Crippen LogP contribution is -2.30. The van der Waals surface area contributed by atoms with Crippen LogP contribution in [0.1, 0.15) is 40.8 Å². The molecule has 0 saturated heterocycles. The topological polar surface area (TPSA) is 95.5 Å². The molecular weight excluding hydrogens is 354 g/mol. The number of aromatic amines is 1. The van der Waals surface area contributed by atoms with Crippen LogP contribution in [0.15, 0.2) is 17.4 Å². The summed E-state index contributed by atoms with van der Waals surface area (Å²) >= 11 is 1.17. The molecule has 1 atom stereocenters. The first-order chi connectivity index (χ1) is 12.4. The molecule has 0 fully saturated rings. The summed E-state index contributed by atoms with van der Waals surface area (Å²) in [7, 11) is 1.85. The molecule has 0 aliphatic heterocycles. The number of ether oxygens (including phenoxy) is 1. The maximum absolute atomic E-state index is 12.4. The van der Waals surface area contributed by atoms with Crippen LogP contribution in [0, 0.1) is 6.92 Å². The lowest BCUT2D eigenvalue weighted by atomic mass is 10.2. The van der Waals surface area contributed by atoms with Crippen molar-refractivity contribution in [2.75, 3.05) is 20.2 Å². The number of H-pyrrole nitrogens is 1. The molecule has 2 aromatic heterocycles. The van der Waals surface area contributed by atoms with E-state index in [0.717, 1.165) is 6.42 Å². The summed E-state index contributed by atoms with van der Waals surface area (Å²) < 4.78 is 5.04. The molecule has 2 aromatic rings. The largest absolute Gasteiger partial charge is 0.462 e. The fourth-order valence-electron chi connectivity index (χ4n) is 2.74. The average Bonchev–Trinajstić information content (AvgIpc) is 2.90. The van der Waals surface area contributed by atoms with Gasteiger partial charge in [-0.25, -0.2) is 9.78 Å². The van der Waals surface area contributed by atoms with Gasteiger partial charge < -0.3 is 14.8 Å². The van der Waals surface area contributed by atoms with Crippen molar-refractivity contribution < 1.29 is 14.6 Å². The highest BCUT2D eigenvalue weighted by Gasteiger charge is 2.20. The van der Waals surface area contributed by atoms with Gasteiger partial charge in [-0.3, -0.25) is 9.69 Å². The second-order valence-electron chi connectivity index (χ2n) is 6.19. The number of carbonyl (C=O) groups excluding carboxylic acids is 1. The Bertz CT molecular complexity index is 843. The lowest BCUT2D eigenvalue weighted by Gasteiger charge is -2.19. The van der Waals surface area contributed by atoms with Crippen LogP contribution in [0.25, 0.3) is 10.2 Å². The Morgan fingerprint density at radius 2 is 2.27 bits per heavy atom. The normalized spacial score (nSPS) is 12.5. The van der Waals surface area contributed by atoms with Crippen LogP contribution in [0.2, 0.25) is 0 Å². The summed E-state index contributed by atoms with van der Waals surface area (Å²) in [6.07, 6.45) is 2.70. The Morgan fingerprint density at radius 1 is 1.54 bits per heavy atom. The minimum absolute atomic E-state index is 0.269. The molecule has 0 radical (unpaired) electrons. The van der Waals surface area contributed by atoms with Crippen molar-refractivity contribution in [3.63, 3.8) is 0 Å². The first-order valence-electron chi connectivity index (χ1n) is 8.54. The number of allylic oxidation sites excluding steroid dienone is 1. The molecule has 0 bridgehead atoms. The molecule has 26 heavy (non-hydrogen) atoms. The number of rotatable bonds is 9. The van der Waals surface area contributed by atoms with Gasteiger partial charge in [-0.05, 0) is 39.3 Å². The van der Waals surface area contributed by atoms with Gasteiger partial charge in [-0.15, -0.1) is 17.9 Å². The quantitative estimate of drug-likeness (QED) is 0.512. The van der Waals surface area contributed by atoms with Crippen molar-refractivity contribution in [1.29, 1.82) is 0 Å². The zero-order chi connectivity index (χ0) is 19.3. The van der Waals surface area contributed by atoms with E-state index in [-0.39, 0.29) is 12.2 Å². The number of nitrogens with one attached hydrogen (secondary N) is 1. The van der Waals surface area contributed by atoms with Crippen molar-refractivity contribution in [3.8, 4) is 0 Å². The first kappa shape index (κ1) is 20.3. The molecule has 0 aliphatic rings. The molecule has 0 unspecified atom stereocenters. The number of thiophene rings is 1. The predicted molar refractivity (Wildman–Crippen MR) is 103 cm³/mol. The van der Waals surface area contributed by atoms with E-state index in [9.17, 15) is 14.7 Å². The number of hydrogen-bond acceptors (Lipinski definition) is 7. The number of aliphatic hydroxyl groups is 1. The van der Waals surface area contributed by atoms with Gasteiger partial charge in [0, 0.05) is 6.54 Å². The summed E-state index contributed by atoms with van der Waals surface area (Å²) in [4.78, 5) is 34.5. The second-order valence-corrected chi connectivity index (χ2v) is 7.19. The average molecular weight is 379 g/mol. The summed E-state index contributed by atoms with van der Waals surface area (Å²) in [5.74, 6) is 0.0639. The zero-order valence-electron chi connectivity index (χ0n) is 15.4. The number of nitrogens with zero attached hydrogens (tertiary/aromatic N) is 2. The van der Waals surface area contributed by atoms with Gasteiger partial charge in [0.2, 0.25) is 0 Å². The highest BCUT2D eigenvalue weighted by Crippen LogP contribution is 2.27. The number of hydrogen-bond donors (Lipinski definition) is 2. The minimum Gasteiger partial charge on any atom is -0.462 e. The van der Waals surface area contributed by atoms with Crippen LogP contribution in [-0.4, -0.2) is 52.2 Å². The standard InChI is InChI=1S/C18H25N3O4S/c1-5-7-8-12(22)9-21(4)10-13-19-16(23)14-11(3)15(18(24)25-6-2)26-17(14)20-13/h5,12,22H,1,6-10H2,2-4H3,(H,19,20,23)/t12-/m0/s1. The summed E-state index contributed by atoms with van der Waals surface area (Å²) in [5.41, 5.74) is 0.326. The Kier molecular flexibility index (Phi) is 7.07. The van der Waals surface area contributed by atoms with E-state index < -0.39 is 12.1 Å². The maximum atomic E-state index is 12.4. The van der Waals surface area contributed by atoms with Crippen molar-refractivity contribution in [2.45, 2.75) is 39.3 Å². The van der Waals surface area contributed by atoms with Gasteiger partial charge in [0.15, 0.2) is 0 Å². The molecule has 2 N–H and O–H groups in total. The van der Waals surface area contributed by atoms with Crippen molar-refractivity contribution in [2.24, 2.45) is 0 Å². The summed E-state index contributed by atoms with van der Waals surface area (Å²) in [6.45, 7) is 8.24. The molecule has 8 heteroatoms. The Labute approximate surface area is 156 Å². The zero-order valence-corrected chi connectivity index (χ0v) is 16.2. The van der Waals surface area contributed by atoms with E-state index in [2.05, 4.69) is 16.5 Å². The number of likely N-dealkylation sites (N-methyl/N-ethyl adjacent to an activating group) is 1. The van der Waals surface area contributed by atoms with Crippen LogP contribution in [-0.2, 0) is 11.3 Å². The lowest BCUT2D eigenvalue weighted by molar-refractivity contribution is 0.0531. The number of fused-ring (bicyclic) bond motifs is 1. The molecule has 7 nitrogen and oxygen atoms in total. The van der Waals surface area contributed by atoms with E-state index in [1.165, 1.54) is 11.3 Å². The molecule has 0 saturated carbocycles. The number of esters is 1. The number of carbonyl (C=O) groups is 1. The molecule has 0 aliphatic carbocycles. The van der Waals surface area contributed by atoms with Gasteiger partial charge in [-0.2, -0.15) is 0 Å². The van der Waals surface area contributed by atoms with Crippen LogP contribution < -0.4 is 5.56 Å². The summed E-state index contributed by atoms with van der Waals surface area (Å²) in [5, 5.41) is 10.4.